The molecular weight excluding hydrogens is 451 g/mol. The minimum atomic E-state index is -4.64. The van der Waals surface area contributed by atoms with Gasteiger partial charge in [0, 0.05) is 24.1 Å². The lowest BCUT2D eigenvalue weighted by atomic mass is 9.81. The van der Waals surface area contributed by atoms with Crippen molar-refractivity contribution >= 4 is 11.9 Å². The Hall–Kier alpha value is -3.49. The number of nitrogens with zero attached hydrogens (tertiary/aromatic N) is 1. The van der Waals surface area contributed by atoms with Gasteiger partial charge in [-0.1, -0.05) is 18.2 Å². The van der Waals surface area contributed by atoms with Crippen molar-refractivity contribution in [2.24, 2.45) is 0 Å². The van der Waals surface area contributed by atoms with E-state index in [0.29, 0.717) is 17.1 Å². The van der Waals surface area contributed by atoms with Crippen molar-refractivity contribution in [3.05, 3.63) is 70.4 Å². The number of ether oxygens (including phenoxy) is 3. The van der Waals surface area contributed by atoms with Crippen molar-refractivity contribution in [1.29, 1.82) is 0 Å². The second kappa shape index (κ2) is 10.2. The molecule has 34 heavy (non-hydrogen) atoms. The van der Waals surface area contributed by atoms with E-state index in [0.717, 1.165) is 6.07 Å². The van der Waals surface area contributed by atoms with E-state index in [2.05, 4.69) is 0 Å². The maximum Gasteiger partial charge on any atom is 0.416 e. The van der Waals surface area contributed by atoms with E-state index < -0.39 is 29.5 Å². The van der Waals surface area contributed by atoms with E-state index in [4.69, 9.17) is 14.2 Å². The van der Waals surface area contributed by atoms with Crippen LogP contribution in [-0.4, -0.2) is 37.6 Å². The third kappa shape index (κ3) is 5.18. The van der Waals surface area contributed by atoms with Gasteiger partial charge < -0.3 is 19.1 Å². The van der Waals surface area contributed by atoms with Crippen LogP contribution in [0, 0.1) is 0 Å². The van der Waals surface area contributed by atoms with Crippen molar-refractivity contribution in [2.75, 3.05) is 20.8 Å². The van der Waals surface area contributed by atoms with Crippen LogP contribution in [0.2, 0.25) is 0 Å². The second-order valence-electron chi connectivity index (χ2n) is 7.76. The van der Waals surface area contributed by atoms with Gasteiger partial charge in [0.2, 0.25) is 5.91 Å². The number of rotatable bonds is 7. The molecule has 1 aliphatic heterocycles. The zero-order valence-corrected chi connectivity index (χ0v) is 19.4. The number of carbonyl (C=O) groups is 2. The summed E-state index contributed by atoms with van der Waals surface area (Å²) in [6.45, 7) is 3.28. The molecule has 0 spiro atoms. The minimum absolute atomic E-state index is 0.0352. The van der Waals surface area contributed by atoms with Gasteiger partial charge >= 0.3 is 12.1 Å². The summed E-state index contributed by atoms with van der Waals surface area (Å²) >= 11 is 0. The Kier molecular flexibility index (Phi) is 7.54. The van der Waals surface area contributed by atoms with Gasteiger partial charge in [-0.3, -0.25) is 4.79 Å². The van der Waals surface area contributed by atoms with Crippen molar-refractivity contribution in [3.8, 4) is 11.5 Å². The molecule has 0 aliphatic carbocycles. The van der Waals surface area contributed by atoms with Gasteiger partial charge in [0.05, 0.1) is 38.5 Å². The molecule has 9 heteroatoms. The van der Waals surface area contributed by atoms with Crippen LogP contribution >= 0.6 is 0 Å². The van der Waals surface area contributed by atoms with Gasteiger partial charge in [0.15, 0.2) is 0 Å². The number of halogens is 3. The number of hydrogen-bond acceptors (Lipinski definition) is 5. The van der Waals surface area contributed by atoms with E-state index in [-0.39, 0.29) is 36.4 Å². The van der Waals surface area contributed by atoms with Gasteiger partial charge in [0.1, 0.15) is 11.5 Å². The molecule has 1 atom stereocenters. The SMILES string of the molecule is CCOC(=O)C1=C(C)N(Cc2cc(OC)cc(OC)c2)C(=O)CC1c1ccccc1C(F)(F)F. The molecule has 0 saturated heterocycles. The van der Waals surface area contributed by atoms with E-state index in [1.54, 1.807) is 32.0 Å². The number of carbonyl (C=O) groups excluding carboxylic acids is 2. The molecule has 0 bridgehead atoms. The molecule has 1 heterocycles. The van der Waals surface area contributed by atoms with Crippen LogP contribution in [0.4, 0.5) is 13.2 Å². The summed E-state index contributed by atoms with van der Waals surface area (Å²) in [4.78, 5) is 27.5. The van der Waals surface area contributed by atoms with Crippen LogP contribution in [0.25, 0.3) is 0 Å². The first kappa shape index (κ1) is 25.1. The third-order valence-corrected chi connectivity index (χ3v) is 5.71. The fraction of sp³-hybridized carbons (Fsp3) is 0.360. The summed E-state index contributed by atoms with van der Waals surface area (Å²) in [7, 11) is 2.99. The smallest absolute Gasteiger partial charge is 0.416 e. The summed E-state index contributed by atoms with van der Waals surface area (Å²) in [5.41, 5.74) is -0.0606. The monoisotopic (exact) mass is 477 g/mol. The average Bonchev–Trinajstić information content (AvgIpc) is 2.80. The number of esters is 1. The number of allylic oxidation sites excluding steroid dienone is 1. The van der Waals surface area contributed by atoms with Crippen molar-refractivity contribution in [3.63, 3.8) is 0 Å². The second-order valence-corrected chi connectivity index (χ2v) is 7.76. The van der Waals surface area contributed by atoms with Crippen molar-refractivity contribution < 1.29 is 37.0 Å². The van der Waals surface area contributed by atoms with E-state index in [1.807, 2.05) is 0 Å². The fourth-order valence-corrected chi connectivity index (χ4v) is 4.14. The molecule has 1 amide bonds. The highest BCUT2D eigenvalue weighted by atomic mass is 19.4. The van der Waals surface area contributed by atoms with Gasteiger partial charge in [-0.05, 0) is 43.2 Å². The molecule has 0 saturated carbocycles. The van der Waals surface area contributed by atoms with E-state index in [1.165, 1.54) is 37.3 Å². The molecule has 182 valence electrons. The quantitative estimate of drug-likeness (QED) is 0.521. The summed E-state index contributed by atoms with van der Waals surface area (Å²) in [5.74, 6) is -1.21. The predicted molar refractivity (Wildman–Crippen MR) is 118 cm³/mol. The first-order valence-corrected chi connectivity index (χ1v) is 10.7. The van der Waals surface area contributed by atoms with Gasteiger partial charge in [-0.15, -0.1) is 0 Å². The molecule has 0 radical (unpaired) electrons. The Morgan fingerprint density at radius 3 is 2.26 bits per heavy atom. The maximum atomic E-state index is 13.7. The Labute approximate surface area is 195 Å². The number of hydrogen-bond donors (Lipinski definition) is 0. The molecule has 2 aromatic carbocycles. The van der Waals surface area contributed by atoms with Crippen LogP contribution in [0.3, 0.4) is 0 Å². The maximum absolute atomic E-state index is 13.7. The predicted octanol–water partition coefficient (Wildman–Crippen LogP) is 5.08. The Balaban J connectivity index is 2.11. The Bertz CT molecular complexity index is 1090. The largest absolute Gasteiger partial charge is 0.497 e. The minimum Gasteiger partial charge on any atom is -0.497 e. The van der Waals surface area contributed by atoms with Crippen LogP contribution in [0.1, 0.15) is 42.9 Å². The van der Waals surface area contributed by atoms with Gasteiger partial charge in [-0.2, -0.15) is 13.2 Å². The lowest BCUT2D eigenvalue weighted by Crippen LogP contribution is -2.38. The summed E-state index contributed by atoms with van der Waals surface area (Å²) in [5, 5.41) is 0. The van der Waals surface area contributed by atoms with Gasteiger partial charge in [-0.25, -0.2) is 4.79 Å². The highest BCUT2D eigenvalue weighted by Crippen LogP contribution is 2.43. The van der Waals surface area contributed by atoms with Crippen LogP contribution in [0.5, 0.6) is 11.5 Å². The number of methoxy groups -OCH3 is 2. The molecule has 6 nitrogen and oxygen atoms in total. The number of benzene rings is 2. The third-order valence-electron chi connectivity index (χ3n) is 5.71. The molecule has 0 N–H and O–H groups in total. The first-order chi connectivity index (χ1) is 16.1. The molecular formula is C25H26F3NO5. The fourth-order valence-electron chi connectivity index (χ4n) is 4.14. The summed E-state index contributed by atoms with van der Waals surface area (Å²) in [6.07, 6.45) is -4.94. The highest BCUT2D eigenvalue weighted by Gasteiger charge is 2.42. The lowest BCUT2D eigenvalue weighted by molar-refractivity contribution is -0.142. The van der Waals surface area contributed by atoms with E-state index >= 15 is 0 Å². The number of alkyl halides is 3. The molecule has 0 aromatic heterocycles. The molecule has 2 aromatic rings. The first-order valence-electron chi connectivity index (χ1n) is 10.7. The molecule has 1 unspecified atom stereocenters. The zero-order chi connectivity index (χ0) is 25.0. The average molecular weight is 477 g/mol. The zero-order valence-electron chi connectivity index (χ0n) is 19.4. The summed E-state index contributed by atoms with van der Waals surface area (Å²) < 4.78 is 56.9. The highest BCUT2D eigenvalue weighted by molar-refractivity contribution is 5.96. The molecule has 3 rings (SSSR count). The van der Waals surface area contributed by atoms with Crippen molar-refractivity contribution in [1.82, 2.24) is 4.90 Å². The van der Waals surface area contributed by atoms with Crippen molar-refractivity contribution in [2.45, 2.75) is 38.9 Å². The Morgan fingerprint density at radius 1 is 1.09 bits per heavy atom. The molecule has 0 fully saturated rings. The van der Waals surface area contributed by atoms with E-state index in [9.17, 15) is 22.8 Å². The number of amides is 1. The standard InChI is InChI=1S/C25H26F3NO5/c1-5-34-24(31)23-15(2)29(14-16-10-17(32-3)12-18(11-16)33-4)22(30)13-20(23)19-8-6-7-9-21(19)25(26,27)28/h6-12,20H,5,13-14H2,1-4H3. The lowest BCUT2D eigenvalue weighted by Gasteiger charge is -2.35. The van der Waals surface area contributed by atoms with Crippen LogP contribution in [-0.2, 0) is 27.0 Å². The topological polar surface area (TPSA) is 65.1 Å². The van der Waals surface area contributed by atoms with Gasteiger partial charge in [0.25, 0.3) is 0 Å². The normalized spacial score (nSPS) is 16.5. The Morgan fingerprint density at radius 2 is 1.71 bits per heavy atom. The van der Waals surface area contributed by atoms with Crippen LogP contribution < -0.4 is 9.47 Å². The summed E-state index contributed by atoms with van der Waals surface area (Å²) in [6, 6.07) is 10.1. The molecule has 1 aliphatic rings. The van der Waals surface area contributed by atoms with Crippen LogP contribution in [0.15, 0.2) is 53.7 Å².